The summed E-state index contributed by atoms with van der Waals surface area (Å²) in [5.74, 6) is 0.144. The van der Waals surface area contributed by atoms with Gasteiger partial charge in [-0.05, 0) is 18.2 Å². The Bertz CT molecular complexity index is 919. The summed E-state index contributed by atoms with van der Waals surface area (Å²) < 4.78 is 11.9. The summed E-state index contributed by atoms with van der Waals surface area (Å²) in [6.07, 6.45) is 1.96. The number of carbonyl (C=O) groups is 2. The molecule has 0 aliphatic carbocycles. The number of amides is 3. The fourth-order valence-corrected chi connectivity index (χ4v) is 2.94. The Morgan fingerprint density at radius 1 is 1.32 bits per heavy atom. The van der Waals surface area contributed by atoms with Crippen molar-refractivity contribution in [3.8, 4) is 11.8 Å². The van der Waals surface area contributed by atoms with Crippen LogP contribution in [0.2, 0.25) is 0 Å². The number of rotatable bonds is 8. The molecule has 1 fully saturated rings. The van der Waals surface area contributed by atoms with E-state index in [1.165, 1.54) is 7.11 Å². The highest BCUT2D eigenvalue weighted by Gasteiger charge is 2.38. The van der Waals surface area contributed by atoms with E-state index in [1.54, 1.807) is 36.2 Å². The summed E-state index contributed by atoms with van der Waals surface area (Å²) in [6.45, 7) is 1.06. The number of nitrogens with one attached hydrogen (secondary N) is 1. The van der Waals surface area contributed by atoms with Crippen molar-refractivity contribution < 1.29 is 19.1 Å². The van der Waals surface area contributed by atoms with Crippen LogP contribution >= 0.6 is 0 Å². The quantitative estimate of drug-likeness (QED) is 0.656. The second-order valence-corrected chi connectivity index (χ2v) is 6.23. The van der Waals surface area contributed by atoms with Crippen LogP contribution in [-0.4, -0.2) is 58.7 Å². The predicted molar refractivity (Wildman–Crippen MR) is 96.2 cm³/mol. The van der Waals surface area contributed by atoms with Gasteiger partial charge in [-0.1, -0.05) is 5.21 Å². The maximum atomic E-state index is 12.7. The average molecular weight is 384 g/mol. The van der Waals surface area contributed by atoms with E-state index in [0.717, 1.165) is 4.90 Å². The lowest BCUT2D eigenvalue weighted by molar-refractivity contribution is -0.127. The molecule has 2 heterocycles. The van der Waals surface area contributed by atoms with Crippen molar-refractivity contribution in [1.29, 1.82) is 5.26 Å². The summed E-state index contributed by atoms with van der Waals surface area (Å²) in [4.78, 5) is 26.2. The minimum atomic E-state index is -0.717. The lowest BCUT2D eigenvalue weighted by atomic mass is 10.1. The van der Waals surface area contributed by atoms with Crippen LogP contribution < -0.4 is 10.1 Å². The largest absolute Gasteiger partial charge is 0.496 e. The highest BCUT2D eigenvalue weighted by atomic mass is 16.5. The Balaban J connectivity index is 1.70. The molecule has 0 saturated carbocycles. The number of methoxy groups -OCH3 is 2. The minimum absolute atomic E-state index is 0.0143. The van der Waals surface area contributed by atoms with Crippen molar-refractivity contribution >= 4 is 11.9 Å². The molecule has 2 aromatic rings. The summed E-state index contributed by atoms with van der Waals surface area (Å²) in [6, 6.07) is 5.69. The molecule has 1 aromatic heterocycles. The maximum absolute atomic E-state index is 12.7. The Morgan fingerprint density at radius 3 is 2.86 bits per heavy atom. The van der Waals surface area contributed by atoms with E-state index >= 15 is 0 Å². The van der Waals surface area contributed by atoms with Crippen molar-refractivity contribution in [3.63, 3.8) is 0 Å². The van der Waals surface area contributed by atoms with Gasteiger partial charge < -0.3 is 14.8 Å². The average Bonchev–Trinajstić information content (AvgIpc) is 3.26. The van der Waals surface area contributed by atoms with Crippen molar-refractivity contribution in [2.24, 2.45) is 0 Å². The zero-order valence-corrected chi connectivity index (χ0v) is 15.6. The van der Waals surface area contributed by atoms with Crippen LogP contribution in [0, 0.1) is 11.3 Å². The molecule has 1 aromatic carbocycles. The molecule has 1 saturated heterocycles. The third-order valence-electron chi connectivity index (χ3n) is 4.37. The van der Waals surface area contributed by atoms with Gasteiger partial charge in [-0.2, -0.15) is 5.26 Å². The Hall–Kier alpha value is -3.45. The smallest absolute Gasteiger partial charge is 0.325 e. The van der Waals surface area contributed by atoms with Gasteiger partial charge in [-0.3, -0.25) is 9.69 Å². The Kier molecular flexibility index (Phi) is 5.86. The first-order valence-electron chi connectivity index (χ1n) is 8.62. The second kappa shape index (κ2) is 8.49. The zero-order valence-electron chi connectivity index (χ0n) is 15.6. The van der Waals surface area contributed by atoms with E-state index in [0.29, 0.717) is 35.7 Å². The monoisotopic (exact) mass is 384 g/mol. The van der Waals surface area contributed by atoms with E-state index < -0.39 is 12.1 Å². The standard InChI is InChI=1S/C18H20N6O4/c1-27-6-5-23-11-14(21-22-23)8-15-17(25)24(18(26)20-15)10-13-7-12(9-19)3-4-16(13)28-2/h3-4,7,11,15H,5-6,8,10H2,1-2H3,(H,20,26). The molecule has 3 amide bonds. The van der Waals surface area contributed by atoms with Crippen LogP contribution in [0.25, 0.3) is 0 Å². The minimum Gasteiger partial charge on any atom is -0.496 e. The Morgan fingerprint density at radius 2 is 2.14 bits per heavy atom. The number of nitrogens with zero attached hydrogens (tertiary/aromatic N) is 5. The van der Waals surface area contributed by atoms with Crippen LogP contribution in [0.4, 0.5) is 4.79 Å². The van der Waals surface area contributed by atoms with Gasteiger partial charge in [0.05, 0.1) is 44.1 Å². The molecule has 1 aliphatic heterocycles. The number of ether oxygens (including phenoxy) is 2. The van der Waals surface area contributed by atoms with E-state index in [-0.39, 0.29) is 18.9 Å². The van der Waals surface area contributed by atoms with Crippen LogP contribution in [0.5, 0.6) is 5.75 Å². The van der Waals surface area contributed by atoms with Gasteiger partial charge in [0.1, 0.15) is 11.8 Å². The second-order valence-electron chi connectivity index (χ2n) is 6.23. The molecule has 10 nitrogen and oxygen atoms in total. The number of carbonyl (C=O) groups excluding carboxylic acids is 2. The van der Waals surface area contributed by atoms with Crippen molar-refractivity contribution in [3.05, 3.63) is 41.2 Å². The van der Waals surface area contributed by atoms with Crippen LogP contribution in [0.3, 0.4) is 0 Å². The molecule has 1 atom stereocenters. The number of imide groups is 1. The predicted octanol–water partition coefficient (Wildman–Crippen LogP) is 0.468. The molecular weight excluding hydrogens is 364 g/mol. The first-order valence-corrected chi connectivity index (χ1v) is 8.62. The summed E-state index contributed by atoms with van der Waals surface area (Å²) in [7, 11) is 3.09. The van der Waals surface area contributed by atoms with Gasteiger partial charge in [0.15, 0.2) is 0 Å². The van der Waals surface area contributed by atoms with Gasteiger partial charge in [-0.25, -0.2) is 9.48 Å². The first kappa shape index (κ1) is 19.3. The summed E-state index contributed by atoms with van der Waals surface area (Å²) in [5, 5.41) is 19.8. The van der Waals surface area contributed by atoms with Gasteiger partial charge in [0.25, 0.3) is 5.91 Å². The molecule has 1 unspecified atom stereocenters. The third-order valence-corrected chi connectivity index (χ3v) is 4.37. The Labute approximate surface area is 161 Å². The molecule has 0 spiro atoms. The van der Waals surface area contributed by atoms with E-state index in [4.69, 9.17) is 14.7 Å². The van der Waals surface area contributed by atoms with Gasteiger partial charge in [-0.15, -0.1) is 5.10 Å². The topological polar surface area (TPSA) is 122 Å². The number of urea groups is 1. The van der Waals surface area contributed by atoms with Crippen molar-refractivity contribution in [2.45, 2.75) is 25.6 Å². The lowest BCUT2D eigenvalue weighted by Crippen LogP contribution is -2.32. The molecule has 10 heteroatoms. The SMILES string of the molecule is COCCn1cc(CC2NC(=O)N(Cc3cc(C#N)ccc3OC)C2=O)nn1. The molecule has 28 heavy (non-hydrogen) atoms. The summed E-state index contributed by atoms with van der Waals surface area (Å²) >= 11 is 0. The number of aromatic nitrogens is 3. The van der Waals surface area contributed by atoms with Crippen LogP contribution in [0.1, 0.15) is 16.8 Å². The third kappa shape index (κ3) is 4.10. The fourth-order valence-electron chi connectivity index (χ4n) is 2.94. The summed E-state index contributed by atoms with van der Waals surface area (Å²) in [5.41, 5.74) is 1.60. The molecule has 146 valence electrons. The van der Waals surface area contributed by atoms with E-state index in [2.05, 4.69) is 15.6 Å². The zero-order chi connectivity index (χ0) is 20.1. The normalized spacial score (nSPS) is 16.2. The van der Waals surface area contributed by atoms with Gasteiger partial charge in [0, 0.05) is 25.3 Å². The van der Waals surface area contributed by atoms with Gasteiger partial charge in [0.2, 0.25) is 0 Å². The molecular formula is C18H20N6O4. The lowest BCUT2D eigenvalue weighted by Gasteiger charge is -2.15. The van der Waals surface area contributed by atoms with Crippen LogP contribution in [-0.2, 0) is 29.0 Å². The molecule has 0 radical (unpaired) electrons. The number of hydrogen-bond acceptors (Lipinski definition) is 7. The first-order chi connectivity index (χ1) is 13.5. The van der Waals surface area contributed by atoms with E-state index in [1.807, 2.05) is 6.07 Å². The van der Waals surface area contributed by atoms with E-state index in [9.17, 15) is 9.59 Å². The molecule has 3 rings (SSSR count). The number of nitriles is 1. The molecule has 1 aliphatic rings. The highest BCUT2D eigenvalue weighted by molar-refractivity contribution is 6.04. The van der Waals surface area contributed by atoms with Crippen molar-refractivity contribution in [2.75, 3.05) is 20.8 Å². The maximum Gasteiger partial charge on any atom is 0.325 e. The highest BCUT2D eigenvalue weighted by Crippen LogP contribution is 2.23. The number of hydrogen-bond donors (Lipinski definition) is 1. The van der Waals surface area contributed by atoms with Gasteiger partial charge >= 0.3 is 6.03 Å². The fraction of sp³-hybridized carbons (Fsp3) is 0.389. The van der Waals surface area contributed by atoms with Crippen LogP contribution in [0.15, 0.2) is 24.4 Å². The van der Waals surface area contributed by atoms with Crippen molar-refractivity contribution in [1.82, 2.24) is 25.2 Å². The molecule has 0 bridgehead atoms. The molecule has 1 N–H and O–H groups in total. The number of benzene rings is 1.